The number of rotatable bonds is 5. The van der Waals surface area contributed by atoms with Gasteiger partial charge >= 0.3 is 0 Å². The van der Waals surface area contributed by atoms with Crippen LogP contribution in [-0.2, 0) is 0 Å². The maximum Gasteiger partial charge on any atom is 0.120 e. The first kappa shape index (κ1) is 17.4. The Balaban J connectivity index is 2.04. The first-order valence-corrected chi connectivity index (χ1v) is 8.74. The molecule has 1 aliphatic heterocycles. The summed E-state index contributed by atoms with van der Waals surface area (Å²) in [4.78, 5) is 0. The Morgan fingerprint density at radius 2 is 1.96 bits per heavy atom. The highest BCUT2D eigenvalue weighted by molar-refractivity contribution is 5.68. The Kier molecular flexibility index (Phi) is 5.00. The van der Waals surface area contributed by atoms with Gasteiger partial charge in [0.15, 0.2) is 0 Å². The van der Waals surface area contributed by atoms with E-state index in [-0.39, 0.29) is 11.7 Å². The van der Waals surface area contributed by atoms with Crippen LogP contribution in [0, 0.1) is 0 Å². The fourth-order valence-corrected chi connectivity index (χ4v) is 3.44. The number of nitrogens with one attached hydrogen (secondary N) is 2. The minimum atomic E-state index is -0.255. The van der Waals surface area contributed by atoms with Crippen LogP contribution in [0.4, 0.5) is 0 Å². The molecule has 0 amide bonds. The number of benzene rings is 2. The van der Waals surface area contributed by atoms with Crippen molar-refractivity contribution in [2.45, 2.75) is 38.4 Å². The standard InChI is InChI=1S/C21H26N2O2/c1-4-12-21(2)22-18(15-8-7-9-16(13-15)25-3)14-19(23-21)17-10-5-6-11-20(17)24/h5-11,13-14,19,22-24H,4,12H2,1-3H3. The second-order valence-corrected chi connectivity index (χ2v) is 6.70. The predicted octanol–water partition coefficient (Wildman–Crippen LogP) is 4.19. The van der Waals surface area contributed by atoms with E-state index in [1.165, 1.54) is 0 Å². The van der Waals surface area contributed by atoms with Gasteiger partial charge in [-0.3, -0.25) is 5.32 Å². The SMILES string of the molecule is CCCC1(C)NC(c2cccc(OC)c2)=CC(c2ccccc2O)N1. The molecule has 3 rings (SSSR count). The van der Waals surface area contributed by atoms with Crippen molar-refractivity contribution in [3.63, 3.8) is 0 Å². The van der Waals surface area contributed by atoms with E-state index in [0.29, 0.717) is 5.75 Å². The second-order valence-electron chi connectivity index (χ2n) is 6.70. The number of para-hydroxylation sites is 1. The van der Waals surface area contributed by atoms with Gasteiger partial charge in [-0.25, -0.2) is 0 Å². The summed E-state index contributed by atoms with van der Waals surface area (Å²) in [7, 11) is 1.68. The summed E-state index contributed by atoms with van der Waals surface area (Å²) in [6.45, 7) is 4.34. The fourth-order valence-electron chi connectivity index (χ4n) is 3.44. The number of aromatic hydroxyl groups is 1. The molecule has 0 spiro atoms. The molecule has 1 aliphatic rings. The topological polar surface area (TPSA) is 53.5 Å². The molecular weight excluding hydrogens is 312 g/mol. The molecule has 0 saturated heterocycles. The summed E-state index contributed by atoms with van der Waals surface area (Å²) in [6.07, 6.45) is 4.15. The molecule has 4 nitrogen and oxygen atoms in total. The molecule has 25 heavy (non-hydrogen) atoms. The third-order valence-electron chi connectivity index (χ3n) is 4.62. The van der Waals surface area contributed by atoms with Crippen LogP contribution < -0.4 is 15.4 Å². The lowest BCUT2D eigenvalue weighted by Crippen LogP contribution is -2.57. The molecule has 3 N–H and O–H groups in total. The first-order valence-electron chi connectivity index (χ1n) is 8.74. The van der Waals surface area contributed by atoms with Gasteiger partial charge in [0.05, 0.1) is 18.8 Å². The summed E-state index contributed by atoms with van der Waals surface area (Å²) >= 11 is 0. The second kappa shape index (κ2) is 7.19. The lowest BCUT2D eigenvalue weighted by molar-refractivity contribution is 0.264. The molecule has 1 heterocycles. The van der Waals surface area contributed by atoms with Crippen molar-refractivity contribution in [2.24, 2.45) is 0 Å². The van der Waals surface area contributed by atoms with Crippen molar-refractivity contribution < 1.29 is 9.84 Å². The van der Waals surface area contributed by atoms with E-state index in [4.69, 9.17) is 4.74 Å². The van der Waals surface area contributed by atoms with Crippen LogP contribution in [0.15, 0.2) is 54.6 Å². The average molecular weight is 338 g/mol. The number of phenolic OH excluding ortho intramolecular Hbond substituents is 1. The van der Waals surface area contributed by atoms with Crippen LogP contribution in [0.2, 0.25) is 0 Å². The average Bonchev–Trinajstić information content (AvgIpc) is 2.61. The van der Waals surface area contributed by atoms with Crippen molar-refractivity contribution in [3.05, 3.63) is 65.7 Å². The summed E-state index contributed by atoms with van der Waals surface area (Å²) < 4.78 is 5.37. The van der Waals surface area contributed by atoms with Gasteiger partial charge in [0.2, 0.25) is 0 Å². The Morgan fingerprint density at radius 1 is 1.16 bits per heavy atom. The Hall–Kier alpha value is -2.46. The van der Waals surface area contributed by atoms with Crippen molar-refractivity contribution >= 4 is 5.70 Å². The smallest absolute Gasteiger partial charge is 0.120 e. The van der Waals surface area contributed by atoms with Crippen LogP contribution in [-0.4, -0.2) is 17.9 Å². The van der Waals surface area contributed by atoms with Crippen LogP contribution >= 0.6 is 0 Å². The molecule has 132 valence electrons. The number of hydrogen-bond acceptors (Lipinski definition) is 4. The molecule has 2 atom stereocenters. The van der Waals surface area contributed by atoms with E-state index >= 15 is 0 Å². The fraction of sp³-hybridized carbons (Fsp3) is 0.333. The monoisotopic (exact) mass is 338 g/mol. The van der Waals surface area contributed by atoms with Crippen molar-refractivity contribution in [2.75, 3.05) is 7.11 Å². The molecule has 2 aromatic carbocycles. The quantitative estimate of drug-likeness (QED) is 0.765. The van der Waals surface area contributed by atoms with Gasteiger partial charge in [0, 0.05) is 16.8 Å². The zero-order valence-electron chi connectivity index (χ0n) is 15.0. The number of methoxy groups -OCH3 is 1. The van der Waals surface area contributed by atoms with Gasteiger partial charge in [-0.15, -0.1) is 0 Å². The van der Waals surface area contributed by atoms with E-state index < -0.39 is 0 Å². The highest BCUT2D eigenvalue weighted by atomic mass is 16.5. The molecule has 0 fully saturated rings. The van der Waals surface area contributed by atoms with E-state index in [9.17, 15) is 5.11 Å². The number of hydrogen-bond donors (Lipinski definition) is 3. The van der Waals surface area contributed by atoms with Gasteiger partial charge in [-0.2, -0.15) is 0 Å². The molecule has 2 aromatic rings. The van der Waals surface area contributed by atoms with Crippen LogP contribution in [0.3, 0.4) is 0 Å². The molecular formula is C21H26N2O2. The van der Waals surface area contributed by atoms with Gasteiger partial charge in [0.1, 0.15) is 11.5 Å². The lowest BCUT2D eigenvalue weighted by atomic mass is 9.94. The van der Waals surface area contributed by atoms with E-state index in [1.807, 2.05) is 36.4 Å². The Morgan fingerprint density at radius 3 is 2.68 bits per heavy atom. The van der Waals surface area contributed by atoms with Crippen molar-refractivity contribution in [1.29, 1.82) is 0 Å². The van der Waals surface area contributed by atoms with Crippen molar-refractivity contribution in [3.8, 4) is 11.5 Å². The minimum Gasteiger partial charge on any atom is -0.508 e. The van der Waals surface area contributed by atoms with Gasteiger partial charge < -0.3 is 15.2 Å². The normalized spacial score (nSPS) is 22.8. The summed E-state index contributed by atoms with van der Waals surface area (Å²) in [5.74, 6) is 1.14. The predicted molar refractivity (Wildman–Crippen MR) is 101 cm³/mol. The maximum atomic E-state index is 10.3. The van der Waals surface area contributed by atoms with E-state index in [2.05, 4.69) is 36.6 Å². The zero-order valence-corrected chi connectivity index (χ0v) is 15.0. The lowest BCUT2D eigenvalue weighted by Gasteiger charge is -2.41. The molecule has 0 bridgehead atoms. The Labute approximate surface area is 149 Å². The summed E-state index contributed by atoms with van der Waals surface area (Å²) in [5.41, 5.74) is 2.74. The maximum absolute atomic E-state index is 10.3. The van der Waals surface area contributed by atoms with Crippen LogP contribution in [0.1, 0.15) is 43.9 Å². The van der Waals surface area contributed by atoms with E-state index in [1.54, 1.807) is 13.2 Å². The number of ether oxygens (including phenoxy) is 1. The third kappa shape index (κ3) is 3.80. The van der Waals surface area contributed by atoms with E-state index in [0.717, 1.165) is 35.4 Å². The van der Waals surface area contributed by atoms with Crippen molar-refractivity contribution in [1.82, 2.24) is 10.6 Å². The summed E-state index contributed by atoms with van der Waals surface area (Å²) in [5, 5.41) is 17.6. The summed E-state index contributed by atoms with van der Waals surface area (Å²) in [6, 6.07) is 15.5. The van der Waals surface area contributed by atoms with Gasteiger partial charge in [-0.1, -0.05) is 43.7 Å². The van der Waals surface area contributed by atoms with Gasteiger partial charge in [-0.05, 0) is 37.6 Å². The van der Waals surface area contributed by atoms with Crippen LogP contribution in [0.25, 0.3) is 5.70 Å². The minimum absolute atomic E-state index is 0.0693. The molecule has 2 unspecified atom stereocenters. The molecule has 0 saturated carbocycles. The van der Waals surface area contributed by atoms with Crippen LogP contribution in [0.5, 0.6) is 11.5 Å². The van der Waals surface area contributed by atoms with Gasteiger partial charge in [0.25, 0.3) is 0 Å². The highest BCUT2D eigenvalue weighted by Crippen LogP contribution is 2.34. The molecule has 0 aromatic heterocycles. The Bertz CT molecular complexity index is 772. The highest BCUT2D eigenvalue weighted by Gasteiger charge is 2.32. The number of phenols is 1. The largest absolute Gasteiger partial charge is 0.508 e. The third-order valence-corrected chi connectivity index (χ3v) is 4.62. The molecule has 0 aliphatic carbocycles. The zero-order chi connectivity index (χ0) is 17.9. The molecule has 0 radical (unpaired) electrons. The molecule has 4 heteroatoms. The first-order chi connectivity index (χ1) is 12.0.